The molecule has 150 valence electrons. The Morgan fingerprint density at radius 2 is 1.46 bits per heavy atom. The Hall–Kier alpha value is -3.42. The van der Waals surface area contributed by atoms with E-state index in [0.717, 1.165) is 5.56 Å². The van der Waals surface area contributed by atoms with Gasteiger partial charge >= 0.3 is 11.8 Å². The van der Waals surface area contributed by atoms with E-state index in [1.807, 2.05) is 0 Å². The Kier molecular flexibility index (Phi) is 7.08. The van der Waals surface area contributed by atoms with E-state index < -0.39 is 17.9 Å². The van der Waals surface area contributed by atoms with E-state index >= 15 is 0 Å². The molecule has 2 amide bonds. The van der Waals surface area contributed by atoms with Crippen molar-refractivity contribution in [3.05, 3.63) is 42.0 Å². The zero-order valence-corrected chi connectivity index (χ0v) is 16.5. The largest absolute Gasteiger partial charge is 0.497 e. The average Bonchev–Trinajstić information content (AvgIpc) is 2.73. The molecule has 2 rings (SSSR count). The highest BCUT2D eigenvalue weighted by atomic mass is 16.5. The Morgan fingerprint density at radius 3 is 2.07 bits per heavy atom. The molecule has 0 aliphatic heterocycles. The molecule has 0 spiro atoms. The molecule has 28 heavy (non-hydrogen) atoms. The summed E-state index contributed by atoms with van der Waals surface area (Å²) in [7, 11) is 6.06. The van der Waals surface area contributed by atoms with Crippen molar-refractivity contribution in [1.29, 1.82) is 0 Å². The lowest BCUT2D eigenvalue weighted by Gasteiger charge is -2.17. The van der Waals surface area contributed by atoms with Crippen molar-refractivity contribution >= 4 is 17.5 Å². The normalized spacial score (nSPS) is 11.2. The van der Waals surface area contributed by atoms with Crippen LogP contribution >= 0.6 is 0 Å². The number of nitrogens with one attached hydrogen (secondary N) is 2. The summed E-state index contributed by atoms with van der Waals surface area (Å²) in [5.41, 5.74) is 1.13. The number of amides is 2. The van der Waals surface area contributed by atoms with Crippen LogP contribution in [0.4, 0.5) is 5.69 Å². The van der Waals surface area contributed by atoms with Crippen LogP contribution in [-0.2, 0) is 9.59 Å². The Labute approximate surface area is 163 Å². The number of hydrogen-bond acceptors (Lipinski definition) is 6. The van der Waals surface area contributed by atoms with Crippen LogP contribution in [-0.4, -0.2) is 40.3 Å². The molecule has 2 aromatic carbocycles. The third-order valence-electron chi connectivity index (χ3n) is 4.12. The Balaban J connectivity index is 2.07. The topological polar surface area (TPSA) is 95.1 Å². The molecule has 8 nitrogen and oxygen atoms in total. The van der Waals surface area contributed by atoms with Gasteiger partial charge < -0.3 is 29.6 Å². The van der Waals surface area contributed by atoms with Crippen molar-refractivity contribution in [3.8, 4) is 23.0 Å². The van der Waals surface area contributed by atoms with Crippen LogP contribution in [0, 0.1) is 0 Å². The maximum absolute atomic E-state index is 12.3. The number of carbonyl (C=O) groups excluding carboxylic acids is 2. The molecule has 0 aromatic heterocycles. The first-order valence-electron chi connectivity index (χ1n) is 8.49. The zero-order valence-electron chi connectivity index (χ0n) is 16.5. The third kappa shape index (κ3) is 4.85. The van der Waals surface area contributed by atoms with Crippen molar-refractivity contribution in [1.82, 2.24) is 5.32 Å². The van der Waals surface area contributed by atoms with E-state index in [-0.39, 0.29) is 0 Å². The van der Waals surface area contributed by atoms with Crippen molar-refractivity contribution in [2.75, 3.05) is 33.8 Å². The number of hydrogen-bond donors (Lipinski definition) is 2. The van der Waals surface area contributed by atoms with Gasteiger partial charge in [0.05, 0.1) is 40.2 Å². The van der Waals surface area contributed by atoms with E-state index in [0.29, 0.717) is 28.7 Å². The fourth-order valence-corrected chi connectivity index (χ4v) is 2.55. The Bertz CT molecular complexity index is 853. The average molecular weight is 388 g/mol. The van der Waals surface area contributed by atoms with Crippen molar-refractivity contribution in [3.63, 3.8) is 0 Å². The van der Waals surface area contributed by atoms with Gasteiger partial charge in [-0.05, 0) is 36.8 Å². The highest BCUT2D eigenvalue weighted by Gasteiger charge is 2.20. The second kappa shape index (κ2) is 9.50. The molecular formula is C20H24N2O6. The number of methoxy groups -OCH3 is 4. The number of ether oxygens (including phenoxy) is 4. The van der Waals surface area contributed by atoms with Crippen LogP contribution in [0.2, 0.25) is 0 Å². The molecule has 2 N–H and O–H groups in total. The fraction of sp³-hybridized carbons (Fsp3) is 0.300. The monoisotopic (exact) mass is 388 g/mol. The van der Waals surface area contributed by atoms with Crippen LogP contribution in [0.1, 0.15) is 18.5 Å². The highest BCUT2D eigenvalue weighted by molar-refractivity contribution is 6.39. The second-order valence-corrected chi connectivity index (χ2v) is 5.83. The molecule has 0 bridgehead atoms. The molecule has 0 fully saturated rings. The summed E-state index contributed by atoms with van der Waals surface area (Å²) in [6.07, 6.45) is 0. The van der Waals surface area contributed by atoms with Gasteiger partial charge in [-0.15, -0.1) is 0 Å². The number of benzene rings is 2. The van der Waals surface area contributed by atoms with Crippen molar-refractivity contribution < 1.29 is 28.5 Å². The summed E-state index contributed by atoms with van der Waals surface area (Å²) in [6, 6.07) is 9.71. The van der Waals surface area contributed by atoms with Gasteiger partial charge in [0.25, 0.3) is 0 Å². The first-order valence-corrected chi connectivity index (χ1v) is 8.49. The summed E-state index contributed by atoms with van der Waals surface area (Å²) >= 11 is 0. The smallest absolute Gasteiger partial charge is 0.313 e. The number of anilines is 1. The van der Waals surface area contributed by atoms with Gasteiger partial charge in [-0.3, -0.25) is 9.59 Å². The van der Waals surface area contributed by atoms with Crippen LogP contribution in [0.5, 0.6) is 23.0 Å². The summed E-state index contributed by atoms with van der Waals surface area (Å²) in [6.45, 7) is 1.76. The molecule has 0 heterocycles. The second-order valence-electron chi connectivity index (χ2n) is 5.83. The van der Waals surface area contributed by atoms with E-state index in [1.54, 1.807) is 50.4 Å². The molecule has 0 aliphatic carbocycles. The summed E-state index contributed by atoms with van der Waals surface area (Å²) in [4.78, 5) is 24.6. The minimum absolute atomic E-state index is 0.363. The van der Waals surface area contributed by atoms with Crippen LogP contribution in [0.3, 0.4) is 0 Å². The van der Waals surface area contributed by atoms with Crippen LogP contribution < -0.4 is 29.6 Å². The minimum atomic E-state index is -0.809. The molecule has 2 aromatic rings. The minimum Gasteiger partial charge on any atom is -0.497 e. The van der Waals surface area contributed by atoms with Gasteiger partial charge in [0, 0.05) is 6.07 Å². The van der Waals surface area contributed by atoms with E-state index in [1.165, 1.54) is 21.3 Å². The maximum Gasteiger partial charge on any atom is 0.313 e. The van der Waals surface area contributed by atoms with Gasteiger partial charge in [-0.1, -0.05) is 6.07 Å². The summed E-state index contributed by atoms with van der Waals surface area (Å²) < 4.78 is 20.8. The molecule has 0 aliphatic rings. The first-order chi connectivity index (χ1) is 13.4. The standard InChI is InChI=1S/C20H24N2O6/c1-12(13-6-9-16(26-3)18(10-13)28-5)21-19(23)20(24)22-15-8-7-14(25-2)11-17(15)27-4/h6-12H,1-5H3,(H,21,23)(H,22,24). The SMILES string of the molecule is COc1ccc(NC(=O)C(=O)NC(C)c2ccc(OC)c(OC)c2)c(OC)c1. The number of rotatable bonds is 7. The Morgan fingerprint density at radius 1 is 0.786 bits per heavy atom. The lowest BCUT2D eigenvalue weighted by molar-refractivity contribution is -0.136. The van der Waals surface area contributed by atoms with Gasteiger partial charge in [-0.2, -0.15) is 0 Å². The van der Waals surface area contributed by atoms with Gasteiger partial charge in [-0.25, -0.2) is 0 Å². The molecule has 0 saturated heterocycles. The van der Waals surface area contributed by atoms with Crippen molar-refractivity contribution in [2.24, 2.45) is 0 Å². The number of carbonyl (C=O) groups is 2. The zero-order chi connectivity index (χ0) is 20.7. The molecule has 0 radical (unpaired) electrons. The lowest BCUT2D eigenvalue weighted by atomic mass is 10.1. The lowest BCUT2D eigenvalue weighted by Crippen LogP contribution is -2.37. The summed E-state index contributed by atoms with van der Waals surface area (Å²) in [5, 5.41) is 5.19. The van der Waals surface area contributed by atoms with Crippen LogP contribution in [0.25, 0.3) is 0 Å². The van der Waals surface area contributed by atoms with E-state index in [9.17, 15) is 9.59 Å². The van der Waals surface area contributed by atoms with E-state index in [4.69, 9.17) is 18.9 Å². The highest BCUT2D eigenvalue weighted by Crippen LogP contribution is 2.30. The molecular weight excluding hydrogens is 364 g/mol. The fourth-order valence-electron chi connectivity index (χ4n) is 2.55. The maximum atomic E-state index is 12.3. The van der Waals surface area contributed by atoms with Gasteiger partial charge in [0.15, 0.2) is 11.5 Å². The van der Waals surface area contributed by atoms with Crippen LogP contribution in [0.15, 0.2) is 36.4 Å². The predicted octanol–water partition coefficient (Wildman–Crippen LogP) is 2.54. The third-order valence-corrected chi connectivity index (χ3v) is 4.12. The van der Waals surface area contributed by atoms with Gasteiger partial charge in [0.1, 0.15) is 11.5 Å². The first kappa shape index (κ1) is 20.9. The summed E-state index contributed by atoms with van der Waals surface area (Å²) in [5.74, 6) is 0.480. The quantitative estimate of drug-likeness (QED) is 0.708. The molecule has 0 saturated carbocycles. The molecule has 1 unspecified atom stereocenters. The molecule has 8 heteroatoms. The van der Waals surface area contributed by atoms with E-state index in [2.05, 4.69) is 10.6 Å². The van der Waals surface area contributed by atoms with Crippen molar-refractivity contribution in [2.45, 2.75) is 13.0 Å². The molecule has 1 atom stereocenters. The van der Waals surface area contributed by atoms with Gasteiger partial charge in [0.2, 0.25) is 0 Å². The predicted molar refractivity (Wildman–Crippen MR) is 104 cm³/mol.